The van der Waals surface area contributed by atoms with Gasteiger partial charge in [-0.1, -0.05) is 153 Å². The molecule has 1 fully saturated rings. The van der Waals surface area contributed by atoms with E-state index in [0.29, 0.717) is 12.8 Å². The third-order valence-corrected chi connectivity index (χ3v) is 13.9. The molecule has 0 aliphatic carbocycles. The summed E-state index contributed by atoms with van der Waals surface area (Å²) in [5, 5.41) is 20.9. The zero-order valence-electron chi connectivity index (χ0n) is 42.2. The van der Waals surface area contributed by atoms with Gasteiger partial charge in [-0.25, -0.2) is 13.9 Å². The fraction of sp³-hybridized carbons (Fsp3) is 0.700. The van der Waals surface area contributed by atoms with E-state index in [1.54, 1.807) is 12.2 Å². The zero-order valence-corrected chi connectivity index (χ0v) is 44.0. The quantitative estimate of drug-likeness (QED) is 0.0102. The number of phosphoric acid groups is 2. The molecule has 1 aromatic heterocycles. The first-order valence-electron chi connectivity index (χ1n) is 25.5. The Morgan fingerprint density at radius 2 is 1.37 bits per heavy atom. The number of aromatic nitrogens is 2. The lowest BCUT2D eigenvalue weighted by atomic mass is 10.0. The van der Waals surface area contributed by atoms with Crippen LogP contribution < -0.4 is 11.4 Å². The van der Waals surface area contributed by atoms with Gasteiger partial charge in [-0.2, -0.15) is 9.29 Å². The number of aliphatic hydroxyl groups excluding tert-OH is 2. The molecule has 0 amide bonds. The minimum absolute atomic E-state index is 0.0177. The average molecular weight is 1040 g/mol. The van der Waals surface area contributed by atoms with Gasteiger partial charge >= 0.3 is 33.3 Å². The molecule has 6 N–H and O–H groups in total. The zero-order chi connectivity index (χ0) is 52.3. The number of carbonyl (C=O) groups is 3. The van der Waals surface area contributed by atoms with Gasteiger partial charge in [0.25, 0.3) is 0 Å². The highest BCUT2D eigenvalue weighted by molar-refractivity contribution is 7.61. The van der Waals surface area contributed by atoms with Crippen molar-refractivity contribution in [2.75, 3.05) is 25.6 Å². The summed E-state index contributed by atoms with van der Waals surface area (Å²) in [6, 6.07) is 1.23. The van der Waals surface area contributed by atoms with E-state index in [2.05, 4.69) is 48.3 Å². The molecule has 0 spiro atoms. The number of hydrogen-bond acceptors (Lipinski definition) is 16. The number of nitrogens with zero attached hydrogens (tertiary/aromatic N) is 2. The first kappa shape index (κ1) is 63.5. The molecule has 2 rings (SSSR count). The van der Waals surface area contributed by atoms with Crippen LogP contribution in [0, 0.1) is 5.92 Å². The van der Waals surface area contributed by atoms with Crippen molar-refractivity contribution in [3.05, 3.63) is 71.4 Å². The van der Waals surface area contributed by atoms with Gasteiger partial charge in [0.05, 0.1) is 13.2 Å². The lowest BCUT2D eigenvalue weighted by Gasteiger charge is -2.21. The van der Waals surface area contributed by atoms with Gasteiger partial charge < -0.3 is 39.9 Å². The maximum Gasteiger partial charge on any atom is 0.481 e. The van der Waals surface area contributed by atoms with E-state index >= 15 is 0 Å². The molecular weight excluding hydrogens is 961 g/mol. The number of carbonyl (C=O) groups excluding carboxylic acids is 3. The van der Waals surface area contributed by atoms with E-state index in [0.717, 1.165) is 55.2 Å². The molecule has 21 heteroatoms. The molecule has 0 aromatic carbocycles. The molecule has 0 bridgehead atoms. The van der Waals surface area contributed by atoms with Crippen LogP contribution in [0.4, 0.5) is 5.82 Å². The molecule has 404 valence electrons. The number of anilines is 1. The van der Waals surface area contributed by atoms with Crippen molar-refractivity contribution in [3.8, 4) is 0 Å². The van der Waals surface area contributed by atoms with Gasteiger partial charge in [-0.15, -0.1) is 0 Å². The summed E-state index contributed by atoms with van der Waals surface area (Å²) in [4.78, 5) is 74.3. The van der Waals surface area contributed by atoms with Crippen LogP contribution >= 0.6 is 15.6 Å². The number of ether oxygens (including phenoxy) is 3. The molecular formula is C50H83N3O16P2. The van der Waals surface area contributed by atoms with Crippen LogP contribution in [0.5, 0.6) is 0 Å². The third-order valence-electron chi connectivity index (χ3n) is 11.3. The molecule has 19 nitrogen and oxygen atoms in total. The summed E-state index contributed by atoms with van der Waals surface area (Å²) < 4.78 is 56.5. The number of nitrogens with two attached hydrogens (primary N) is 1. The molecule has 0 saturated carbocycles. The highest BCUT2D eigenvalue weighted by Crippen LogP contribution is 2.60. The minimum Gasteiger partial charge on any atom is -0.462 e. The Labute approximate surface area is 420 Å². The number of hydrogen-bond donors (Lipinski definition) is 5. The summed E-state index contributed by atoms with van der Waals surface area (Å²) >= 11 is 0. The Hall–Kier alpha value is -3.61. The van der Waals surface area contributed by atoms with Crippen molar-refractivity contribution in [3.63, 3.8) is 0 Å². The highest BCUT2D eigenvalue weighted by Gasteiger charge is 2.46. The van der Waals surface area contributed by atoms with Crippen molar-refractivity contribution in [2.24, 2.45) is 5.92 Å². The topological polar surface area (TPSA) is 283 Å². The van der Waals surface area contributed by atoms with Crippen LogP contribution in [0.3, 0.4) is 0 Å². The lowest BCUT2D eigenvalue weighted by molar-refractivity contribution is -0.161. The minimum atomic E-state index is -5.48. The number of unbranched alkanes of at least 4 members (excludes halogenated alkanes) is 14. The molecule has 0 radical (unpaired) electrons. The fourth-order valence-electron chi connectivity index (χ4n) is 7.33. The van der Waals surface area contributed by atoms with E-state index in [4.69, 9.17) is 29.0 Å². The van der Waals surface area contributed by atoms with Gasteiger partial charge in [-0.3, -0.25) is 28.0 Å². The third kappa shape index (κ3) is 30.9. The Bertz CT molecular complexity index is 1960. The van der Waals surface area contributed by atoms with Crippen LogP contribution in [0.1, 0.15) is 175 Å². The normalized spacial score (nSPS) is 19.5. The summed E-state index contributed by atoms with van der Waals surface area (Å²) in [6.07, 6.45) is 29.3. The number of ketones is 1. The lowest BCUT2D eigenvalue weighted by Crippen LogP contribution is -2.36. The van der Waals surface area contributed by atoms with Gasteiger partial charge in [-0.05, 0) is 56.6 Å². The van der Waals surface area contributed by atoms with Crippen molar-refractivity contribution >= 4 is 39.2 Å². The molecule has 1 aliphatic rings. The van der Waals surface area contributed by atoms with Gasteiger partial charge in [0, 0.05) is 25.5 Å². The van der Waals surface area contributed by atoms with E-state index in [9.17, 15) is 48.3 Å². The molecule has 1 saturated heterocycles. The molecule has 71 heavy (non-hydrogen) atoms. The number of esters is 2. The molecule has 1 aromatic rings. The molecule has 7 atom stereocenters. The summed E-state index contributed by atoms with van der Waals surface area (Å²) in [5.74, 6) is -1.02. The summed E-state index contributed by atoms with van der Waals surface area (Å²) in [6.45, 7) is 4.19. The predicted molar refractivity (Wildman–Crippen MR) is 271 cm³/mol. The number of aliphatic hydroxyl groups is 2. The van der Waals surface area contributed by atoms with Gasteiger partial charge in [0.1, 0.15) is 30.7 Å². The van der Waals surface area contributed by atoms with E-state index < -0.39 is 83.7 Å². The maximum atomic E-state index is 12.8. The van der Waals surface area contributed by atoms with Crippen LogP contribution in [0.15, 0.2) is 65.7 Å². The predicted octanol–water partition coefficient (Wildman–Crippen LogP) is 9.59. The van der Waals surface area contributed by atoms with Crippen molar-refractivity contribution < 1.29 is 71.1 Å². The fourth-order valence-corrected chi connectivity index (χ4v) is 9.44. The second kappa shape index (κ2) is 37.2. The Balaban J connectivity index is 1.86. The first-order chi connectivity index (χ1) is 33.9. The van der Waals surface area contributed by atoms with E-state index in [1.165, 1.54) is 82.8 Å². The van der Waals surface area contributed by atoms with E-state index in [1.807, 2.05) is 12.2 Å². The maximum absolute atomic E-state index is 12.8. The first-order valence-corrected chi connectivity index (χ1v) is 28.5. The van der Waals surface area contributed by atoms with Crippen molar-refractivity contribution in [2.45, 2.75) is 199 Å². The van der Waals surface area contributed by atoms with Crippen molar-refractivity contribution in [1.82, 2.24) is 9.55 Å². The average Bonchev–Trinajstić information content (AvgIpc) is 3.59. The number of phosphoric ester groups is 2. The number of nitrogen functional groups attached to an aromatic ring is 1. The number of allylic oxidation sites excluding steroid dienone is 8. The standard InChI is InChI=1S/C50H83N3O16P2/c1-4-5-6-7-8-9-10-11-15-18-21-24-27-31-41(54)32-29-34-46(56)67-42(37-64-45(55)33-28-25-22-19-16-13-12-14-17-20-23-26-30-40(2)3)38-65-70(60,61)69-71(62,63)66-39-43-47(57)48(58)49(68-43)53-36-35-44(51)52-50(53)59/h8-9,11,15,21,24,27,31,35-36,40,42-43,47-49,57-58H,4-7,10,12-14,16-20,22-23,25-26,28-30,32-34,37-39H2,1-3H3,(H,60,61)(H,62,63)(H2,51,52,59)/b9-8-,15-11-,24-21-,31-27+/t42-,43-,47-,48-,49-/m1/s1. The summed E-state index contributed by atoms with van der Waals surface area (Å²) in [5.41, 5.74) is 4.57. The SMILES string of the molecule is CCCCC/C=C\C/C=C\C/C=C\C=C\C(=O)CCCC(=O)O[C@H](COC(=O)CCCCCCCCCCCCCCC(C)C)COP(=O)(O)OP(=O)(O)OC[C@H]1O[C@@H](n2ccc(N)nc2=O)[C@H](O)[C@@H]1O. The highest BCUT2D eigenvalue weighted by atomic mass is 31.3. The largest absolute Gasteiger partial charge is 0.481 e. The Morgan fingerprint density at radius 3 is 2.01 bits per heavy atom. The number of rotatable bonds is 41. The van der Waals surface area contributed by atoms with Crippen LogP contribution in [0.2, 0.25) is 0 Å². The second-order valence-corrected chi connectivity index (χ2v) is 21.2. The van der Waals surface area contributed by atoms with E-state index in [-0.39, 0.29) is 37.3 Å². The monoisotopic (exact) mass is 1040 g/mol. The Kier molecular flexibility index (Phi) is 33.2. The van der Waals surface area contributed by atoms with Gasteiger partial charge in [0.15, 0.2) is 18.1 Å². The van der Waals surface area contributed by atoms with Crippen LogP contribution in [0.25, 0.3) is 0 Å². The second-order valence-electron chi connectivity index (χ2n) is 18.2. The van der Waals surface area contributed by atoms with Gasteiger partial charge in [0.2, 0.25) is 0 Å². The molecule has 2 heterocycles. The molecule has 2 unspecified atom stereocenters. The summed E-state index contributed by atoms with van der Waals surface area (Å²) in [7, 11) is -11.0. The van der Waals surface area contributed by atoms with Crippen LogP contribution in [-0.2, 0) is 51.1 Å². The van der Waals surface area contributed by atoms with Crippen molar-refractivity contribution in [1.29, 1.82) is 0 Å². The van der Waals surface area contributed by atoms with Crippen LogP contribution in [-0.4, -0.2) is 91.5 Å². The smallest absolute Gasteiger partial charge is 0.462 e. The molecule has 1 aliphatic heterocycles. The Morgan fingerprint density at radius 1 is 0.761 bits per heavy atom.